The molecule has 2 bridgehead atoms. The van der Waals surface area contributed by atoms with Crippen LogP contribution in [0, 0.1) is 0 Å². The average Bonchev–Trinajstić information content (AvgIpc) is 3.36. The fraction of sp³-hybridized carbons (Fsp3) is 0.350. The summed E-state index contributed by atoms with van der Waals surface area (Å²) < 4.78 is 0.759. The van der Waals surface area contributed by atoms with Crippen molar-refractivity contribution in [3.05, 3.63) is 39.2 Å². The fourth-order valence-electron chi connectivity index (χ4n) is 5.00. The zero-order valence-electron chi connectivity index (χ0n) is 15.5. The van der Waals surface area contributed by atoms with E-state index in [4.69, 9.17) is 27.3 Å². The van der Waals surface area contributed by atoms with E-state index in [1.165, 1.54) is 12.8 Å². The number of fused-ring (bicyclic) bond motifs is 4. The van der Waals surface area contributed by atoms with Gasteiger partial charge in [-0.05, 0) is 31.7 Å². The Labute approximate surface area is 174 Å². The molecule has 9 heteroatoms. The van der Waals surface area contributed by atoms with Gasteiger partial charge in [0.05, 0.1) is 21.4 Å². The summed E-state index contributed by atoms with van der Waals surface area (Å²) in [6, 6.07) is 5.00. The molecule has 0 unspecified atom stereocenters. The molecule has 29 heavy (non-hydrogen) atoms. The molecule has 0 radical (unpaired) electrons. The van der Waals surface area contributed by atoms with Crippen molar-refractivity contribution in [1.82, 2.24) is 19.9 Å². The molecule has 2 aliphatic rings. The Morgan fingerprint density at radius 3 is 2.79 bits per heavy atom. The Morgan fingerprint density at radius 1 is 1.21 bits per heavy atom. The Morgan fingerprint density at radius 2 is 2.00 bits per heavy atom. The summed E-state index contributed by atoms with van der Waals surface area (Å²) in [6.45, 7) is 0. The van der Waals surface area contributed by atoms with Crippen molar-refractivity contribution in [3.8, 4) is 11.1 Å². The normalized spacial score (nSPS) is 24.1. The van der Waals surface area contributed by atoms with Crippen molar-refractivity contribution < 1.29 is 0 Å². The first kappa shape index (κ1) is 17.4. The van der Waals surface area contributed by atoms with Crippen LogP contribution in [0.5, 0.6) is 0 Å². The third-order valence-electron chi connectivity index (χ3n) is 6.22. The molecule has 7 nitrogen and oxygen atoms in total. The molecule has 6 rings (SSSR count). The lowest BCUT2D eigenvalue weighted by Gasteiger charge is -2.38. The van der Waals surface area contributed by atoms with Crippen LogP contribution < -0.4 is 15.5 Å². The standard InChI is InChI=1S/C20H19ClN6OS/c21-16-12(3-4-14-18(16)29-20(28)25-14)13-7-24-19-17(13)23-8-15(26-19)27-10-1-2-11(27)6-9(22)5-10/h3-4,7-11H,1-2,5-6,22H2,(H,24,26)(H,25,28)/t9-,10+,11-. The van der Waals surface area contributed by atoms with Gasteiger partial charge < -0.3 is 20.6 Å². The summed E-state index contributed by atoms with van der Waals surface area (Å²) >= 11 is 7.75. The molecule has 0 spiro atoms. The number of anilines is 1. The topological polar surface area (TPSA) is 104 Å². The maximum Gasteiger partial charge on any atom is 0.305 e. The van der Waals surface area contributed by atoms with Gasteiger partial charge in [0.25, 0.3) is 0 Å². The van der Waals surface area contributed by atoms with Crippen molar-refractivity contribution in [3.63, 3.8) is 0 Å². The SMILES string of the molecule is N[C@H]1C[C@H]2CC[C@@H](C1)N2c1cnc2c(-c3ccc4[nH]c(=O)sc4c3Cl)c[nH]c2n1. The van der Waals surface area contributed by atoms with Gasteiger partial charge >= 0.3 is 4.87 Å². The summed E-state index contributed by atoms with van der Waals surface area (Å²) in [7, 11) is 0. The van der Waals surface area contributed by atoms with Crippen LogP contribution in [0.15, 0.2) is 29.3 Å². The van der Waals surface area contributed by atoms with Crippen LogP contribution >= 0.6 is 22.9 Å². The molecule has 0 amide bonds. The van der Waals surface area contributed by atoms with Crippen molar-refractivity contribution in [2.75, 3.05) is 4.90 Å². The molecule has 3 atom stereocenters. The van der Waals surface area contributed by atoms with E-state index in [1.54, 1.807) is 0 Å². The van der Waals surface area contributed by atoms with Gasteiger partial charge in [0.2, 0.25) is 0 Å². The summed E-state index contributed by atoms with van der Waals surface area (Å²) in [5.74, 6) is 0.913. The zero-order valence-corrected chi connectivity index (χ0v) is 17.1. The number of aromatic nitrogens is 4. The van der Waals surface area contributed by atoms with Crippen LogP contribution in [0.3, 0.4) is 0 Å². The van der Waals surface area contributed by atoms with E-state index in [9.17, 15) is 4.79 Å². The van der Waals surface area contributed by atoms with E-state index in [1.807, 2.05) is 24.5 Å². The molecule has 3 aromatic heterocycles. The van der Waals surface area contributed by atoms with Gasteiger partial charge in [0.1, 0.15) is 11.3 Å². The van der Waals surface area contributed by atoms with Crippen molar-refractivity contribution in [1.29, 1.82) is 0 Å². The minimum Gasteiger partial charge on any atom is -0.349 e. The van der Waals surface area contributed by atoms with Gasteiger partial charge in [-0.2, -0.15) is 0 Å². The van der Waals surface area contributed by atoms with Gasteiger partial charge in [0, 0.05) is 35.4 Å². The Hall–Kier alpha value is -2.42. The number of H-pyrrole nitrogens is 2. The third-order valence-corrected chi connectivity index (χ3v) is 7.64. The van der Waals surface area contributed by atoms with E-state index in [-0.39, 0.29) is 4.87 Å². The fourth-order valence-corrected chi connectivity index (χ4v) is 6.16. The molecule has 2 saturated heterocycles. The zero-order chi connectivity index (χ0) is 19.7. The molecule has 4 aromatic rings. The molecular weight excluding hydrogens is 408 g/mol. The van der Waals surface area contributed by atoms with Crippen molar-refractivity contribution in [2.24, 2.45) is 5.73 Å². The lowest BCUT2D eigenvalue weighted by Crippen LogP contribution is -2.47. The van der Waals surface area contributed by atoms with Gasteiger partial charge in [-0.3, -0.25) is 4.79 Å². The predicted molar refractivity (Wildman–Crippen MR) is 117 cm³/mol. The Bertz CT molecular complexity index is 1300. The lowest BCUT2D eigenvalue weighted by molar-refractivity contribution is 0.412. The summed E-state index contributed by atoms with van der Waals surface area (Å²) in [5.41, 5.74) is 10.2. The van der Waals surface area contributed by atoms with Crippen LogP contribution in [0.2, 0.25) is 5.02 Å². The second-order valence-corrected chi connectivity index (χ2v) is 9.33. The number of hydrogen-bond acceptors (Lipinski definition) is 6. The molecule has 148 valence electrons. The Balaban J connectivity index is 1.43. The highest BCUT2D eigenvalue weighted by Crippen LogP contribution is 2.40. The minimum atomic E-state index is -0.113. The molecule has 0 aliphatic carbocycles. The van der Waals surface area contributed by atoms with Crippen LogP contribution in [0.4, 0.5) is 5.82 Å². The first-order valence-electron chi connectivity index (χ1n) is 9.78. The monoisotopic (exact) mass is 426 g/mol. The molecule has 0 saturated carbocycles. The number of halogens is 1. The van der Waals surface area contributed by atoms with Crippen LogP contribution in [-0.4, -0.2) is 38.1 Å². The van der Waals surface area contributed by atoms with Crippen molar-refractivity contribution in [2.45, 2.75) is 43.8 Å². The van der Waals surface area contributed by atoms with E-state index in [0.29, 0.717) is 23.1 Å². The number of nitrogens with one attached hydrogen (secondary N) is 2. The second kappa shape index (κ2) is 6.29. The van der Waals surface area contributed by atoms with Gasteiger partial charge in [-0.15, -0.1) is 0 Å². The number of rotatable bonds is 2. The maximum absolute atomic E-state index is 11.7. The van der Waals surface area contributed by atoms with Gasteiger partial charge in [0.15, 0.2) is 5.65 Å². The highest BCUT2D eigenvalue weighted by molar-refractivity contribution is 7.17. The third kappa shape index (κ3) is 2.63. The highest BCUT2D eigenvalue weighted by atomic mass is 35.5. The predicted octanol–water partition coefficient (Wildman–Crippen LogP) is 3.64. The summed E-state index contributed by atoms with van der Waals surface area (Å²) in [4.78, 5) is 29.7. The molecule has 2 fully saturated rings. The molecule has 1 aromatic carbocycles. The van der Waals surface area contributed by atoms with Crippen LogP contribution in [-0.2, 0) is 0 Å². The second-order valence-electron chi connectivity index (χ2n) is 7.97. The molecule has 5 heterocycles. The number of piperidine rings is 1. The van der Waals surface area contributed by atoms with E-state index >= 15 is 0 Å². The quantitative estimate of drug-likeness (QED) is 0.454. The van der Waals surface area contributed by atoms with Gasteiger partial charge in [-0.25, -0.2) is 9.97 Å². The first-order valence-corrected chi connectivity index (χ1v) is 11.0. The maximum atomic E-state index is 11.7. The molecule has 2 aliphatic heterocycles. The first-order chi connectivity index (χ1) is 14.1. The molecular formula is C20H19ClN6OS. The van der Waals surface area contributed by atoms with E-state index in [2.05, 4.69) is 14.9 Å². The number of aromatic amines is 2. The van der Waals surface area contributed by atoms with Gasteiger partial charge in [-0.1, -0.05) is 29.0 Å². The van der Waals surface area contributed by atoms with Crippen LogP contribution in [0.1, 0.15) is 25.7 Å². The smallest absolute Gasteiger partial charge is 0.305 e. The minimum absolute atomic E-state index is 0.113. The van der Waals surface area contributed by atoms with Crippen LogP contribution in [0.25, 0.3) is 32.5 Å². The number of nitrogens with zero attached hydrogens (tertiary/aromatic N) is 3. The van der Waals surface area contributed by atoms with E-state index in [0.717, 1.165) is 62.5 Å². The van der Waals surface area contributed by atoms with Crippen molar-refractivity contribution >= 4 is 50.1 Å². The largest absolute Gasteiger partial charge is 0.349 e. The highest BCUT2D eigenvalue weighted by Gasteiger charge is 2.40. The molecule has 4 N–H and O–H groups in total. The summed E-state index contributed by atoms with van der Waals surface area (Å²) in [5, 5.41) is 0.556. The number of thiazole rings is 1. The Kier molecular flexibility index (Phi) is 3.78. The lowest BCUT2D eigenvalue weighted by atomic mass is 9.98. The number of hydrogen-bond donors (Lipinski definition) is 3. The summed E-state index contributed by atoms with van der Waals surface area (Å²) in [6.07, 6.45) is 8.12. The number of nitrogens with two attached hydrogens (primary N) is 1. The average molecular weight is 427 g/mol. The number of benzene rings is 1. The van der Waals surface area contributed by atoms with E-state index < -0.39 is 0 Å².